The van der Waals surface area contributed by atoms with Gasteiger partial charge in [0.05, 0.1) is 52.4 Å². The maximum absolute atomic E-state index is 10.1. The van der Waals surface area contributed by atoms with Crippen molar-refractivity contribution < 1.29 is 27.5 Å². The molecule has 0 heterocycles. The minimum atomic E-state index is -5.64. The molecule has 0 radical (unpaired) electrons. The molecular formula is C20H48FN2O3P. The Bertz CT molecular complexity index is 308. The topological polar surface area (TPSA) is 63.2 Å². The lowest BCUT2D eigenvalue weighted by Gasteiger charge is -2.35. The average molecular weight is 415 g/mol. The molecular weight excluding hydrogens is 366 g/mol. The molecule has 27 heavy (non-hydrogen) atoms. The maximum Gasteiger partial charge on any atom is 0.110 e. The lowest BCUT2D eigenvalue weighted by molar-refractivity contribution is -0.923. The van der Waals surface area contributed by atoms with Gasteiger partial charge in [0.2, 0.25) is 0 Å². The number of hydrogen-bond acceptors (Lipinski definition) is 3. The molecule has 0 N–H and O–H groups in total. The maximum atomic E-state index is 10.1. The van der Waals surface area contributed by atoms with Gasteiger partial charge in [-0.2, -0.15) is 0 Å². The van der Waals surface area contributed by atoms with Crippen LogP contribution >= 0.6 is 7.91 Å². The molecule has 0 spiro atoms. The molecule has 0 saturated carbocycles. The Balaban J connectivity index is -0.000000344. The summed E-state index contributed by atoms with van der Waals surface area (Å²) in [6.45, 7) is 28.9. The van der Waals surface area contributed by atoms with E-state index in [0.29, 0.717) is 0 Å². The van der Waals surface area contributed by atoms with Gasteiger partial charge >= 0.3 is 0 Å². The van der Waals surface area contributed by atoms with Crippen LogP contribution in [-0.4, -0.2) is 61.3 Å². The van der Waals surface area contributed by atoms with Gasteiger partial charge < -0.3 is 23.3 Å². The molecule has 0 aromatic carbocycles. The van der Waals surface area contributed by atoms with E-state index in [1.165, 1.54) is 87.0 Å². The Morgan fingerprint density at radius 2 is 0.815 bits per heavy atom. The second-order valence-electron chi connectivity index (χ2n) is 7.17. The summed E-state index contributed by atoms with van der Waals surface area (Å²) in [6.07, 6.45) is 5.44. The summed E-state index contributed by atoms with van der Waals surface area (Å²) in [5.74, 6) is 0. The molecule has 0 aliphatic rings. The van der Waals surface area contributed by atoms with Crippen LogP contribution in [0.15, 0.2) is 0 Å². The van der Waals surface area contributed by atoms with Crippen molar-refractivity contribution in [3.63, 3.8) is 0 Å². The van der Waals surface area contributed by atoms with Crippen LogP contribution in [0.1, 0.15) is 81.1 Å². The van der Waals surface area contributed by atoms with Gasteiger partial charge in [0.15, 0.2) is 0 Å². The summed E-state index contributed by atoms with van der Waals surface area (Å²) in [7, 11) is -5.64. The van der Waals surface area contributed by atoms with Gasteiger partial charge in [0.25, 0.3) is 0 Å². The number of nitrogens with zero attached hydrogens (tertiary/aromatic N) is 2. The minimum absolute atomic E-state index is 1.30. The van der Waals surface area contributed by atoms with E-state index in [2.05, 4.69) is 55.4 Å². The molecule has 7 heteroatoms. The van der Waals surface area contributed by atoms with Crippen molar-refractivity contribution in [3.8, 4) is 0 Å². The van der Waals surface area contributed by atoms with Gasteiger partial charge in [-0.1, -0.05) is 26.7 Å². The van der Waals surface area contributed by atoms with Crippen LogP contribution in [-0.2, 0) is 4.57 Å². The monoisotopic (exact) mass is 414 g/mol. The number of quaternary nitrogens is 2. The lowest BCUT2D eigenvalue weighted by atomic mass is 10.2. The molecule has 0 atom stereocenters. The van der Waals surface area contributed by atoms with Crippen LogP contribution in [0.25, 0.3) is 0 Å². The van der Waals surface area contributed by atoms with E-state index < -0.39 is 7.91 Å². The van der Waals surface area contributed by atoms with Gasteiger partial charge in [0.1, 0.15) is 7.91 Å². The van der Waals surface area contributed by atoms with Crippen LogP contribution in [0.3, 0.4) is 0 Å². The Kier molecular flexibility index (Phi) is 21.2. The van der Waals surface area contributed by atoms with Crippen molar-refractivity contribution in [2.24, 2.45) is 0 Å². The first-order valence-electron chi connectivity index (χ1n) is 10.9. The van der Waals surface area contributed by atoms with Crippen LogP contribution in [0.2, 0.25) is 0 Å². The van der Waals surface area contributed by atoms with Crippen molar-refractivity contribution in [1.29, 1.82) is 0 Å². The third kappa shape index (κ3) is 19.1. The summed E-state index contributed by atoms with van der Waals surface area (Å²) in [4.78, 5) is 16.9. The van der Waals surface area contributed by atoms with Crippen molar-refractivity contribution >= 4 is 7.91 Å². The molecule has 5 nitrogen and oxygen atoms in total. The van der Waals surface area contributed by atoms with Crippen molar-refractivity contribution in [2.75, 3.05) is 52.4 Å². The zero-order valence-electron chi connectivity index (χ0n) is 19.4. The second kappa shape index (κ2) is 18.1. The fourth-order valence-electron chi connectivity index (χ4n) is 3.28. The number of rotatable bonds is 12. The molecule has 0 amide bonds. The van der Waals surface area contributed by atoms with Gasteiger partial charge in [-0.05, 0) is 54.4 Å². The van der Waals surface area contributed by atoms with E-state index in [9.17, 15) is 4.20 Å². The van der Waals surface area contributed by atoms with Crippen LogP contribution in [0.4, 0.5) is 4.20 Å². The Hall–Kier alpha value is -0.0000000000000000555. The fraction of sp³-hybridized carbons (Fsp3) is 1.00. The van der Waals surface area contributed by atoms with E-state index in [1.54, 1.807) is 0 Å². The van der Waals surface area contributed by atoms with E-state index in [-0.39, 0.29) is 0 Å². The van der Waals surface area contributed by atoms with E-state index in [4.69, 9.17) is 14.4 Å². The van der Waals surface area contributed by atoms with Crippen LogP contribution < -0.4 is 9.79 Å². The van der Waals surface area contributed by atoms with Crippen molar-refractivity contribution in [2.45, 2.75) is 81.1 Å². The van der Waals surface area contributed by atoms with Gasteiger partial charge in [-0.3, -0.25) is 0 Å². The van der Waals surface area contributed by atoms with E-state index >= 15 is 0 Å². The number of hydrogen-bond donors (Lipinski definition) is 0. The first-order chi connectivity index (χ1) is 12.5. The van der Waals surface area contributed by atoms with Gasteiger partial charge in [-0.15, -0.1) is 0 Å². The van der Waals surface area contributed by atoms with Gasteiger partial charge in [-0.25, -0.2) is 4.20 Å². The number of unbranched alkanes of at least 4 members (excludes halogenated alkanes) is 2. The molecule has 0 saturated heterocycles. The molecule has 168 valence electrons. The molecule has 0 aliphatic carbocycles. The highest BCUT2D eigenvalue weighted by atomic mass is 31.2. The zero-order valence-corrected chi connectivity index (χ0v) is 20.3. The Morgan fingerprint density at radius 1 is 0.630 bits per heavy atom. The molecule has 0 bridgehead atoms. The van der Waals surface area contributed by atoms with Crippen molar-refractivity contribution in [3.05, 3.63) is 0 Å². The normalized spacial score (nSPS) is 12.0. The Labute approximate surface area is 169 Å². The molecule has 0 aliphatic heterocycles. The first-order valence-corrected chi connectivity index (χ1v) is 12.3. The standard InChI is InChI=1S/2C10H24N.FH2O3P/c2*1-5-9-10-11(6-2,7-3)8-4;1-5(2,3)4/h2*5-10H2,1-4H3;(H2,2,3,4)/q2*+1;/p-2. The molecule has 0 unspecified atom stereocenters. The summed E-state index contributed by atoms with van der Waals surface area (Å²) >= 11 is 0. The summed E-state index contributed by atoms with van der Waals surface area (Å²) in [6, 6.07) is 0. The highest BCUT2D eigenvalue weighted by Gasteiger charge is 2.19. The SMILES string of the molecule is CCCC[N+](CC)(CC)CC.CCCC[N+](CC)(CC)CC.O=P([O-])([O-])F. The summed E-state index contributed by atoms with van der Waals surface area (Å²) < 4.78 is 21.2. The lowest BCUT2D eigenvalue weighted by Crippen LogP contribution is -2.48. The molecule has 0 aromatic rings. The minimum Gasteiger partial charge on any atom is -0.786 e. The van der Waals surface area contributed by atoms with Gasteiger partial charge in [0, 0.05) is 0 Å². The highest BCUT2D eigenvalue weighted by molar-refractivity contribution is 7.42. The zero-order chi connectivity index (χ0) is 22.0. The quantitative estimate of drug-likeness (QED) is 0.357. The van der Waals surface area contributed by atoms with E-state index in [0.717, 1.165) is 0 Å². The predicted molar refractivity (Wildman–Crippen MR) is 112 cm³/mol. The third-order valence-corrected chi connectivity index (χ3v) is 6.00. The number of halogens is 1. The second-order valence-corrected chi connectivity index (χ2v) is 8.03. The molecule has 0 aromatic heterocycles. The largest absolute Gasteiger partial charge is 0.786 e. The highest BCUT2D eigenvalue weighted by Crippen LogP contribution is 2.22. The van der Waals surface area contributed by atoms with Crippen molar-refractivity contribution in [1.82, 2.24) is 0 Å². The van der Waals surface area contributed by atoms with Crippen LogP contribution in [0.5, 0.6) is 0 Å². The average Bonchev–Trinajstić information content (AvgIpc) is 2.64. The summed E-state index contributed by atoms with van der Waals surface area (Å²) in [5, 5.41) is 0. The third-order valence-electron chi connectivity index (χ3n) is 6.00. The molecule has 0 fully saturated rings. The Morgan fingerprint density at radius 3 is 0.926 bits per heavy atom. The summed E-state index contributed by atoms with van der Waals surface area (Å²) in [5.41, 5.74) is 0. The first kappa shape index (κ1) is 31.7. The fourth-order valence-corrected chi connectivity index (χ4v) is 3.28. The predicted octanol–water partition coefficient (Wildman–Crippen LogP) is 4.11. The van der Waals surface area contributed by atoms with E-state index in [1.807, 2.05) is 0 Å². The molecule has 0 rings (SSSR count). The van der Waals surface area contributed by atoms with Crippen LogP contribution in [0, 0.1) is 0 Å². The smallest absolute Gasteiger partial charge is 0.110 e.